The van der Waals surface area contributed by atoms with E-state index in [9.17, 15) is 0 Å². The number of halogens is 1. The first-order valence-electron chi connectivity index (χ1n) is 8.59. The van der Waals surface area contributed by atoms with Gasteiger partial charge in [-0.15, -0.1) is 11.6 Å². The first-order valence-corrected chi connectivity index (χ1v) is 9.02. The van der Waals surface area contributed by atoms with Gasteiger partial charge in [0.2, 0.25) is 0 Å². The van der Waals surface area contributed by atoms with Crippen LogP contribution in [0, 0.1) is 0 Å². The Morgan fingerprint density at radius 3 is 2.73 bits per heavy atom. The quantitative estimate of drug-likeness (QED) is 0.676. The Bertz CT molecular complexity index is 836. The summed E-state index contributed by atoms with van der Waals surface area (Å²) in [5, 5.41) is -0.0525. The third-order valence-corrected chi connectivity index (χ3v) is 4.67. The predicted molar refractivity (Wildman–Crippen MR) is 105 cm³/mol. The van der Waals surface area contributed by atoms with Crippen molar-refractivity contribution in [3.63, 3.8) is 0 Å². The second kappa shape index (κ2) is 8.02. The lowest BCUT2D eigenvalue weighted by molar-refractivity contribution is 0.0629. The number of hydrogen-bond acceptors (Lipinski definition) is 3. The Morgan fingerprint density at radius 2 is 2.04 bits per heavy atom. The largest absolute Gasteiger partial charge is 0.493 e. The van der Waals surface area contributed by atoms with Gasteiger partial charge < -0.3 is 18.8 Å². The summed E-state index contributed by atoms with van der Waals surface area (Å²) in [5.74, 6) is 1.39. The van der Waals surface area contributed by atoms with E-state index in [4.69, 9.17) is 25.8 Å². The molecule has 5 heteroatoms. The van der Waals surface area contributed by atoms with Crippen molar-refractivity contribution in [2.24, 2.45) is 0 Å². The van der Waals surface area contributed by atoms with Crippen LogP contribution in [0.4, 0.5) is 0 Å². The number of rotatable bonds is 5. The number of benzene rings is 1. The maximum Gasteiger partial charge on any atom is 0.166 e. The third-order valence-electron chi connectivity index (χ3n) is 4.52. The van der Waals surface area contributed by atoms with Gasteiger partial charge in [0.05, 0.1) is 20.8 Å². The molecule has 0 bridgehead atoms. The van der Waals surface area contributed by atoms with E-state index in [0.717, 1.165) is 22.5 Å². The van der Waals surface area contributed by atoms with Crippen LogP contribution in [-0.2, 0) is 11.3 Å². The molecule has 0 spiro atoms. The zero-order chi connectivity index (χ0) is 18.7. The van der Waals surface area contributed by atoms with E-state index < -0.39 is 0 Å². The van der Waals surface area contributed by atoms with Gasteiger partial charge in [-0.1, -0.05) is 18.2 Å². The van der Waals surface area contributed by atoms with Gasteiger partial charge >= 0.3 is 0 Å². The van der Waals surface area contributed by atoms with Crippen molar-refractivity contribution in [3.8, 4) is 11.5 Å². The molecular weight excluding hydrogens is 350 g/mol. The Hall–Kier alpha value is -2.17. The summed E-state index contributed by atoms with van der Waals surface area (Å²) < 4.78 is 19.5. The molecule has 1 aromatic heterocycles. The SMILES string of the molecule is COc1cccc([C@@H]2OCc3cccn3C(/C=C\C(C)Cl)=C2C)c1OC. The molecule has 2 aromatic rings. The lowest BCUT2D eigenvalue weighted by Gasteiger charge is -2.22. The van der Waals surface area contributed by atoms with Crippen molar-refractivity contribution < 1.29 is 14.2 Å². The molecule has 0 N–H and O–H groups in total. The summed E-state index contributed by atoms with van der Waals surface area (Å²) in [5.41, 5.74) is 4.18. The van der Waals surface area contributed by atoms with Crippen LogP contribution in [0.1, 0.15) is 31.2 Å². The van der Waals surface area contributed by atoms with Gasteiger partial charge in [-0.3, -0.25) is 0 Å². The molecular formula is C21H24ClNO3. The van der Waals surface area contributed by atoms with Crippen LogP contribution in [0.2, 0.25) is 0 Å². The molecule has 2 heterocycles. The lowest BCUT2D eigenvalue weighted by Crippen LogP contribution is -2.08. The molecule has 3 rings (SSSR count). The standard InChI is InChI=1S/C21H24ClNO3/c1-14(22)10-11-18-15(2)20(26-13-16-7-6-12-23(16)18)17-8-5-9-19(24-3)21(17)25-4/h5-12,14,20H,13H2,1-4H3/b11-10-/t14?,20-/m1/s1. The Morgan fingerprint density at radius 1 is 1.23 bits per heavy atom. The van der Waals surface area contributed by atoms with Gasteiger partial charge in [-0.2, -0.15) is 0 Å². The highest BCUT2D eigenvalue weighted by atomic mass is 35.5. The molecule has 0 aliphatic carbocycles. The molecule has 138 valence electrons. The zero-order valence-electron chi connectivity index (χ0n) is 15.5. The maximum atomic E-state index is 6.28. The van der Waals surface area contributed by atoms with E-state index in [1.54, 1.807) is 14.2 Å². The van der Waals surface area contributed by atoms with Crippen LogP contribution in [0.25, 0.3) is 5.70 Å². The number of hydrogen-bond donors (Lipinski definition) is 0. The monoisotopic (exact) mass is 373 g/mol. The minimum absolute atomic E-state index is 0.0525. The highest BCUT2D eigenvalue weighted by Crippen LogP contribution is 2.42. The average molecular weight is 374 g/mol. The van der Waals surface area contributed by atoms with Gasteiger partial charge in [-0.05, 0) is 43.7 Å². The smallest absolute Gasteiger partial charge is 0.166 e. The molecule has 0 saturated carbocycles. The molecule has 26 heavy (non-hydrogen) atoms. The van der Waals surface area contributed by atoms with Crippen molar-refractivity contribution >= 4 is 17.3 Å². The number of alkyl halides is 1. The van der Waals surface area contributed by atoms with Crippen molar-refractivity contribution in [1.29, 1.82) is 0 Å². The van der Waals surface area contributed by atoms with Gasteiger partial charge in [0, 0.05) is 28.5 Å². The number of ether oxygens (including phenoxy) is 3. The lowest BCUT2D eigenvalue weighted by atomic mass is 9.99. The van der Waals surface area contributed by atoms with Crippen LogP contribution >= 0.6 is 11.6 Å². The molecule has 2 atom stereocenters. The van der Waals surface area contributed by atoms with Crippen molar-refractivity contribution in [3.05, 3.63) is 65.5 Å². The van der Waals surface area contributed by atoms with Crippen LogP contribution in [0.3, 0.4) is 0 Å². The zero-order valence-corrected chi connectivity index (χ0v) is 16.3. The van der Waals surface area contributed by atoms with Gasteiger partial charge in [0.1, 0.15) is 6.10 Å². The average Bonchev–Trinajstić information content (AvgIpc) is 3.05. The second-order valence-electron chi connectivity index (χ2n) is 6.25. The number of methoxy groups -OCH3 is 2. The van der Waals surface area contributed by atoms with Crippen molar-refractivity contribution in [1.82, 2.24) is 4.57 Å². The van der Waals surface area contributed by atoms with Gasteiger partial charge in [0.25, 0.3) is 0 Å². The summed E-state index contributed by atoms with van der Waals surface area (Å²) in [6.45, 7) is 4.53. The third kappa shape index (κ3) is 3.53. The number of aromatic nitrogens is 1. The summed E-state index contributed by atoms with van der Waals surface area (Å²) in [6, 6.07) is 9.95. The van der Waals surface area contributed by atoms with Crippen LogP contribution in [-0.4, -0.2) is 24.2 Å². The fraction of sp³-hybridized carbons (Fsp3) is 0.333. The summed E-state index contributed by atoms with van der Waals surface area (Å²) >= 11 is 6.14. The highest BCUT2D eigenvalue weighted by molar-refractivity contribution is 6.21. The Labute approximate surface area is 159 Å². The fourth-order valence-electron chi connectivity index (χ4n) is 3.26. The molecule has 0 radical (unpaired) electrons. The molecule has 0 amide bonds. The van der Waals surface area contributed by atoms with Crippen LogP contribution in [0.5, 0.6) is 11.5 Å². The van der Waals surface area contributed by atoms with Gasteiger partial charge in [-0.25, -0.2) is 0 Å². The van der Waals surface area contributed by atoms with Crippen molar-refractivity contribution in [2.75, 3.05) is 14.2 Å². The summed E-state index contributed by atoms with van der Waals surface area (Å²) in [4.78, 5) is 0. The second-order valence-corrected chi connectivity index (χ2v) is 6.94. The number of para-hydroxylation sites is 1. The first-order chi connectivity index (χ1) is 12.6. The van der Waals surface area contributed by atoms with E-state index in [-0.39, 0.29) is 11.5 Å². The Kier molecular flexibility index (Phi) is 5.74. The number of allylic oxidation sites excluding steroid dienone is 3. The van der Waals surface area contributed by atoms with Crippen LogP contribution < -0.4 is 9.47 Å². The highest BCUT2D eigenvalue weighted by Gasteiger charge is 2.26. The van der Waals surface area contributed by atoms with E-state index in [0.29, 0.717) is 18.1 Å². The van der Waals surface area contributed by atoms with E-state index in [1.807, 2.05) is 43.5 Å². The maximum absolute atomic E-state index is 6.28. The van der Waals surface area contributed by atoms with E-state index in [1.165, 1.54) is 0 Å². The van der Waals surface area contributed by atoms with Gasteiger partial charge in [0.15, 0.2) is 11.5 Å². The first kappa shape index (κ1) is 18.6. The molecule has 1 aliphatic rings. The Balaban J connectivity index is 2.15. The minimum Gasteiger partial charge on any atom is -0.493 e. The molecule has 1 unspecified atom stereocenters. The van der Waals surface area contributed by atoms with Crippen LogP contribution in [0.15, 0.2) is 54.3 Å². The normalized spacial score (nSPS) is 18.6. The summed E-state index contributed by atoms with van der Waals surface area (Å²) in [7, 11) is 3.29. The van der Waals surface area contributed by atoms with E-state index in [2.05, 4.69) is 23.6 Å². The minimum atomic E-state index is -0.245. The van der Waals surface area contributed by atoms with Crippen molar-refractivity contribution in [2.45, 2.75) is 31.9 Å². The fourth-order valence-corrected chi connectivity index (χ4v) is 3.34. The molecule has 1 aliphatic heterocycles. The summed E-state index contributed by atoms with van der Waals surface area (Å²) in [6.07, 6.45) is 5.84. The molecule has 0 saturated heterocycles. The molecule has 1 aromatic carbocycles. The molecule has 0 fully saturated rings. The number of nitrogens with zero attached hydrogens (tertiary/aromatic N) is 1. The number of fused-ring (bicyclic) bond motifs is 1. The topological polar surface area (TPSA) is 32.6 Å². The predicted octanol–water partition coefficient (Wildman–Crippen LogP) is 5.19. The van der Waals surface area contributed by atoms with E-state index >= 15 is 0 Å². The molecule has 4 nitrogen and oxygen atoms in total.